The van der Waals surface area contributed by atoms with Gasteiger partial charge in [0.05, 0.1) is 30.3 Å². The first-order chi connectivity index (χ1) is 9.62. The van der Waals surface area contributed by atoms with E-state index in [1.807, 2.05) is 31.2 Å². The van der Waals surface area contributed by atoms with Crippen LogP contribution in [0.3, 0.4) is 0 Å². The molecule has 0 saturated carbocycles. The van der Waals surface area contributed by atoms with Gasteiger partial charge in [-0.05, 0) is 30.7 Å². The highest BCUT2D eigenvalue weighted by Gasteiger charge is 2.10. The second kappa shape index (κ2) is 6.34. The molecule has 0 radical (unpaired) electrons. The van der Waals surface area contributed by atoms with Gasteiger partial charge in [0.1, 0.15) is 0 Å². The number of anilines is 1. The van der Waals surface area contributed by atoms with E-state index in [0.29, 0.717) is 17.8 Å². The molecule has 1 heterocycles. The maximum atomic E-state index is 11.8. The summed E-state index contributed by atoms with van der Waals surface area (Å²) in [5.74, 6) is -0.131. The summed E-state index contributed by atoms with van der Waals surface area (Å²) in [6, 6.07) is 9.02. The number of aliphatic hydroxyl groups excluding tert-OH is 1. The van der Waals surface area contributed by atoms with E-state index in [0.717, 1.165) is 10.9 Å². The lowest BCUT2D eigenvalue weighted by Gasteiger charge is -2.13. The standard InChI is InChI=1S/C15H19N3O2/c1-2-12(9-19)18-15(20)8-13-5-3-10-7-11(16)4-6-14(10)17-13/h3-7,12,19H,2,8-9,16H2,1H3,(H,18,20). The molecule has 0 saturated heterocycles. The molecule has 2 rings (SSSR count). The number of nitrogens with two attached hydrogens (primary N) is 1. The summed E-state index contributed by atoms with van der Waals surface area (Å²) in [5.41, 5.74) is 7.93. The maximum absolute atomic E-state index is 11.8. The van der Waals surface area contributed by atoms with Crippen molar-refractivity contribution in [2.45, 2.75) is 25.8 Å². The van der Waals surface area contributed by atoms with Crippen LogP contribution in [0.15, 0.2) is 30.3 Å². The highest BCUT2D eigenvalue weighted by Crippen LogP contribution is 2.16. The van der Waals surface area contributed by atoms with E-state index in [2.05, 4.69) is 10.3 Å². The van der Waals surface area contributed by atoms with Crippen molar-refractivity contribution in [1.29, 1.82) is 0 Å². The van der Waals surface area contributed by atoms with Gasteiger partial charge in [0.2, 0.25) is 5.91 Å². The van der Waals surface area contributed by atoms with E-state index in [4.69, 9.17) is 10.8 Å². The maximum Gasteiger partial charge on any atom is 0.226 e. The molecule has 1 amide bonds. The Balaban J connectivity index is 2.10. The van der Waals surface area contributed by atoms with Crippen molar-refractivity contribution in [2.24, 2.45) is 0 Å². The molecule has 2 aromatic rings. The highest BCUT2D eigenvalue weighted by atomic mass is 16.3. The molecule has 4 N–H and O–H groups in total. The number of nitrogens with zero attached hydrogens (tertiary/aromatic N) is 1. The number of nitrogen functional groups attached to an aromatic ring is 1. The van der Waals surface area contributed by atoms with Crippen LogP contribution in [0.5, 0.6) is 0 Å². The topological polar surface area (TPSA) is 88.2 Å². The zero-order valence-corrected chi connectivity index (χ0v) is 11.5. The molecular weight excluding hydrogens is 254 g/mol. The summed E-state index contributed by atoms with van der Waals surface area (Å²) in [5, 5.41) is 12.8. The Kier molecular flexibility index (Phi) is 4.53. The van der Waals surface area contributed by atoms with E-state index in [-0.39, 0.29) is 25.0 Å². The van der Waals surface area contributed by atoms with E-state index in [1.165, 1.54) is 0 Å². The van der Waals surface area contributed by atoms with Crippen LogP contribution in [-0.2, 0) is 11.2 Å². The molecular formula is C15H19N3O2. The van der Waals surface area contributed by atoms with Gasteiger partial charge < -0.3 is 16.2 Å². The molecule has 1 atom stereocenters. The van der Waals surface area contributed by atoms with Crippen LogP contribution >= 0.6 is 0 Å². The molecule has 0 fully saturated rings. The first-order valence-corrected chi connectivity index (χ1v) is 6.67. The summed E-state index contributed by atoms with van der Waals surface area (Å²) < 4.78 is 0. The Morgan fingerprint density at radius 3 is 2.90 bits per heavy atom. The van der Waals surface area contributed by atoms with Gasteiger partial charge in [-0.25, -0.2) is 0 Å². The molecule has 0 aliphatic carbocycles. The number of aromatic nitrogens is 1. The minimum Gasteiger partial charge on any atom is -0.399 e. The number of pyridine rings is 1. The predicted octanol–water partition coefficient (Wildman–Crippen LogP) is 1.25. The summed E-state index contributed by atoms with van der Waals surface area (Å²) in [6.07, 6.45) is 0.906. The third-order valence-corrected chi connectivity index (χ3v) is 3.19. The number of hydrogen-bond acceptors (Lipinski definition) is 4. The predicted molar refractivity (Wildman–Crippen MR) is 79.2 cm³/mol. The number of amides is 1. The second-order valence-electron chi connectivity index (χ2n) is 4.79. The van der Waals surface area contributed by atoms with E-state index in [1.54, 1.807) is 6.07 Å². The molecule has 0 aliphatic rings. The molecule has 1 unspecified atom stereocenters. The number of carbonyl (C=O) groups is 1. The summed E-state index contributed by atoms with van der Waals surface area (Å²) in [4.78, 5) is 16.3. The Morgan fingerprint density at radius 1 is 1.40 bits per heavy atom. The van der Waals surface area contributed by atoms with Crippen molar-refractivity contribution >= 4 is 22.5 Å². The van der Waals surface area contributed by atoms with Gasteiger partial charge in [0.15, 0.2) is 0 Å². The Labute approximate surface area is 117 Å². The molecule has 5 nitrogen and oxygen atoms in total. The Bertz CT molecular complexity index is 609. The lowest BCUT2D eigenvalue weighted by molar-refractivity contribution is -0.121. The van der Waals surface area contributed by atoms with E-state index in [9.17, 15) is 4.79 Å². The second-order valence-corrected chi connectivity index (χ2v) is 4.79. The van der Waals surface area contributed by atoms with Crippen molar-refractivity contribution in [3.05, 3.63) is 36.0 Å². The van der Waals surface area contributed by atoms with Crippen molar-refractivity contribution in [2.75, 3.05) is 12.3 Å². The Morgan fingerprint density at radius 2 is 2.20 bits per heavy atom. The smallest absolute Gasteiger partial charge is 0.226 e. The van der Waals surface area contributed by atoms with E-state index >= 15 is 0 Å². The fraction of sp³-hybridized carbons (Fsp3) is 0.333. The molecule has 0 bridgehead atoms. The first kappa shape index (κ1) is 14.3. The van der Waals surface area contributed by atoms with Crippen LogP contribution in [0, 0.1) is 0 Å². The summed E-state index contributed by atoms with van der Waals surface area (Å²) in [6.45, 7) is 1.87. The number of benzene rings is 1. The highest BCUT2D eigenvalue weighted by molar-refractivity contribution is 5.83. The third-order valence-electron chi connectivity index (χ3n) is 3.19. The lowest BCUT2D eigenvalue weighted by Crippen LogP contribution is -2.37. The third kappa shape index (κ3) is 3.45. The molecule has 20 heavy (non-hydrogen) atoms. The van der Waals surface area contributed by atoms with Gasteiger partial charge >= 0.3 is 0 Å². The Hall–Kier alpha value is -2.14. The van der Waals surface area contributed by atoms with Gasteiger partial charge in [-0.2, -0.15) is 0 Å². The fourth-order valence-corrected chi connectivity index (χ4v) is 2.00. The fourth-order valence-electron chi connectivity index (χ4n) is 2.00. The first-order valence-electron chi connectivity index (χ1n) is 6.67. The van der Waals surface area contributed by atoms with Crippen LogP contribution in [0.2, 0.25) is 0 Å². The van der Waals surface area contributed by atoms with Crippen molar-refractivity contribution < 1.29 is 9.90 Å². The SMILES string of the molecule is CCC(CO)NC(=O)Cc1ccc2cc(N)ccc2n1. The quantitative estimate of drug-likeness (QED) is 0.715. The van der Waals surface area contributed by atoms with Gasteiger partial charge in [-0.15, -0.1) is 0 Å². The lowest BCUT2D eigenvalue weighted by atomic mass is 10.1. The number of fused-ring (bicyclic) bond motifs is 1. The van der Waals surface area contributed by atoms with Crippen molar-refractivity contribution in [1.82, 2.24) is 10.3 Å². The molecule has 1 aromatic heterocycles. The minimum atomic E-state index is -0.192. The normalized spacial score (nSPS) is 12.3. The van der Waals surface area contributed by atoms with Gasteiger partial charge in [0, 0.05) is 11.1 Å². The van der Waals surface area contributed by atoms with Crippen LogP contribution in [-0.4, -0.2) is 28.6 Å². The number of nitrogens with one attached hydrogen (secondary N) is 1. The number of aliphatic hydroxyl groups is 1. The number of rotatable bonds is 5. The van der Waals surface area contributed by atoms with Crippen molar-refractivity contribution in [3.63, 3.8) is 0 Å². The molecule has 0 aliphatic heterocycles. The summed E-state index contributed by atoms with van der Waals surface area (Å²) >= 11 is 0. The molecule has 5 heteroatoms. The molecule has 106 valence electrons. The minimum absolute atomic E-state index is 0.0489. The number of carbonyl (C=O) groups excluding carboxylic acids is 1. The monoisotopic (exact) mass is 273 g/mol. The largest absolute Gasteiger partial charge is 0.399 e. The van der Waals surface area contributed by atoms with Crippen LogP contribution in [0.1, 0.15) is 19.0 Å². The van der Waals surface area contributed by atoms with E-state index < -0.39 is 0 Å². The van der Waals surface area contributed by atoms with Crippen LogP contribution < -0.4 is 11.1 Å². The van der Waals surface area contributed by atoms with Gasteiger partial charge in [0.25, 0.3) is 0 Å². The average molecular weight is 273 g/mol. The van der Waals surface area contributed by atoms with Crippen molar-refractivity contribution in [3.8, 4) is 0 Å². The molecule has 1 aromatic carbocycles. The summed E-state index contributed by atoms with van der Waals surface area (Å²) in [7, 11) is 0. The van der Waals surface area contributed by atoms with Crippen LogP contribution in [0.4, 0.5) is 5.69 Å². The van der Waals surface area contributed by atoms with Gasteiger partial charge in [-0.1, -0.05) is 13.0 Å². The zero-order valence-electron chi connectivity index (χ0n) is 11.5. The van der Waals surface area contributed by atoms with Gasteiger partial charge in [-0.3, -0.25) is 9.78 Å². The number of hydrogen-bond donors (Lipinski definition) is 3. The zero-order chi connectivity index (χ0) is 14.5. The molecule has 0 spiro atoms. The average Bonchev–Trinajstić information content (AvgIpc) is 2.45. The van der Waals surface area contributed by atoms with Crippen LogP contribution in [0.25, 0.3) is 10.9 Å².